The highest BCUT2D eigenvalue weighted by molar-refractivity contribution is 6.31. The Morgan fingerprint density at radius 2 is 1.92 bits per heavy atom. The third kappa shape index (κ3) is 2.44. The molecule has 0 fully saturated rings. The summed E-state index contributed by atoms with van der Waals surface area (Å²) >= 11 is 5.98. The fourth-order valence-corrected chi connectivity index (χ4v) is 1.49. The zero-order valence-corrected chi connectivity index (χ0v) is 8.46. The molecule has 0 spiro atoms. The molecule has 2 nitrogen and oxygen atoms in total. The number of halogens is 1. The minimum Gasteiger partial charge on any atom is -0.326 e. The summed E-state index contributed by atoms with van der Waals surface area (Å²) in [4.78, 5) is 0. The van der Waals surface area contributed by atoms with E-state index in [1.54, 1.807) is 0 Å². The summed E-state index contributed by atoms with van der Waals surface area (Å²) in [5, 5.41) is 0.693. The van der Waals surface area contributed by atoms with Crippen LogP contribution in [0, 0.1) is 0 Å². The maximum atomic E-state index is 5.98. The molecule has 0 aliphatic heterocycles. The van der Waals surface area contributed by atoms with Gasteiger partial charge in [0.25, 0.3) is 0 Å². The van der Waals surface area contributed by atoms with Gasteiger partial charge in [0, 0.05) is 17.1 Å². The van der Waals surface area contributed by atoms with Gasteiger partial charge in [-0.05, 0) is 18.1 Å². The molecule has 1 aromatic rings. The van der Waals surface area contributed by atoms with Gasteiger partial charge >= 0.3 is 0 Å². The van der Waals surface area contributed by atoms with E-state index in [0.717, 1.165) is 12.0 Å². The van der Waals surface area contributed by atoms with Gasteiger partial charge in [-0.2, -0.15) is 0 Å². The van der Waals surface area contributed by atoms with Crippen molar-refractivity contribution in [2.24, 2.45) is 11.5 Å². The van der Waals surface area contributed by atoms with E-state index in [0.29, 0.717) is 5.02 Å². The van der Waals surface area contributed by atoms with Crippen molar-refractivity contribution in [2.75, 3.05) is 0 Å². The first-order valence-electron chi connectivity index (χ1n) is 4.42. The van der Waals surface area contributed by atoms with Gasteiger partial charge in [-0.15, -0.1) is 0 Å². The van der Waals surface area contributed by atoms with Crippen molar-refractivity contribution in [3.8, 4) is 0 Å². The fraction of sp³-hybridized carbons (Fsp3) is 0.400. The second kappa shape index (κ2) is 4.61. The zero-order valence-electron chi connectivity index (χ0n) is 7.70. The third-order valence-electron chi connectivity index (χ3n) is 2.20. The highest BCUT2D eigenvalue weighted by Crippen LogP contribution is 2.23. The quantitative estimate of drug-likeness (QED) is 0.782. The van der Waals surface area contributed by atoms with Crippen LogP contribution in [-0.4, -0.2) is 6.04 Å². The molecule has 4 N–H and O–H groups in total. The normalized spacial score (nSPS) is 15.4. The molecule has 2 unspecified atom stereocenters. The lowest BCUT2D eigenvalue weighted by Gasteiger charge is -2.19. The topological polar surface area (TPSA) is 52.0 Å². The third-order valence-corrected chi connectivity index (χ3v) is 2.54. The van der Waals surface area contributed by atoms with E-state index >= 15 is 0 Å². The Morgan fingerprint density at radius 1 is 1.31 bits per heavy atom. The Hall–Kier alpha value is -0.570. The first-order valence-corrected chi connectivity index (χ1v) is 4.80. The molecular weight excluding hydrogens is 184 g/mol. The largest absolute Gasteiger partial charge is 0.326 e. The highest BCUT2D eigenvalue weighted by atomic mass is 35.5. The monoisotopic (exact) mass is 198 g/mol. The summed E-state index contributed by atoms with van der Waals surface area (Å²) in [7, 11) is 0. The molecule has 13 heavy (non-hydrogen) atoms. The Morgan fingerprint density at radius 3 is 2.46 bits per heavy atom. The first kappa shape index (κ1) is 10.5. The van der Waals surface area contributed by atoms with Crippen LogP contribution in [0.15, 0.2) is 24.3 Å². The second-order valence-corrected chi connectivity index (χ2v) is 3.53. The fourth-order valence-electron chi connectivity index (χ4n) is 1.23. The Bertz CT molecular complexity index is 275. The lowest BCUT2D eigenvalue weighted by atomic mass is 9.99. The maximum Gasteiger partial charge on any atom is 0.0463 e. The molecule has 0 heterocycles. The van der Waals surface area contributed by atoms with Crippen molar-refractivity contribution in [1.29, 1.82) is 0 Å². The smallest absolute Gasteiger partial charge is 0.0463 e. The molecule has 2 atom stereocenters. The van der Waals surface area contributed by atoms with Gasteiger partial charge in [0.2, 0.25) is 0 Å². The molecule has 0 bridgehead atoms. The van der Waals surface area contributed by atoms with E-state index in [2.05, 4.69) is 0 Å². The van der Waals surface area contributed by atoms with Gasteiger partial charge in [-0.3, -0.25) is 0 Å². The Balaban J connectivity index is 2.88. The lowest BCUT2D eigenvalue weighted by molar-refractivity contribution is 0.533. The molecular formula is C10H15ClN2. The van der Waals surface area contributed by atoms with E-state index in [1.807, 2.05) is 31.2 Å². The number of benzene rings is 1. The van der Waals surface area contributed by atoms with E-state index < -0.39 is 0 Å². The van der Waals surface area contributed by atoms with Crippen molar-refractivity contribution < 1.29 is 0 Å². The summed E-state index contributed by atoms with van der Waals surface area (Å²) in [5.74, 6) is 0. The molecule has 0 saturated heterocycles. The average Bonchev–Trinajstić information content (AvgIpc) is 2.16. The van der Waals surface area contributed by atoms with Crippen LogP contribution in [-0.2, 0) is 0 Å². The van der Waals surface area contributed by atoms with Crippen molar-refractivity contribution in [3.05, 3.63) is 34.9 Å². The predicted octanol–water partition coefficient (Wildman–Crippen LogP) is 2.08. The summed E-state index contributed by atoms with van der Waals surface area (Å²) < 4.78 is 0. The van der Waals surface area contributed by atoms with Crippen LogP contribution in [0.5, 0.6) is 0 Å². The summed E-state index contributed by atoms with van der Waals surface area (Å²) in [6, 6.07) is 7.36. The van der Waals surface area contributed by atoms with Crippen molar-refractivity contribution >= 4 is 11.6 Å². The van der Waals surface area contributed by atoms with E-state index in [4.69, 9.17) is 23.1 Å². The van der Waals surface area contributed by atoms with Gasteiger partial charge in [0.15, 0.2) is 0 Å². The molecule has 1 rings (SSSR count). The zero-order chi connectivity index (χ0) is 9.84. The highest BCUT2D eigenvalue weighted by Gasteiger charge is 2.15. The van der Waals surface area contributed by atoms with Gasteiger partial charge < -0.3 is 11.5 Å². The molecule has 0 amide bonds. The van der Waals surface area contributed by atoms with Crippen molar-refractivity contribution in [2.45, 2.75) is 25.4 Å². The van der Waals surface area contributed by atoms with Crippen LogP contribution < -0.4 is 11.5 Å². The molecule has 0 aliphatic carbocycles. The van der Waals surface area contributed by atoms with Crippen LogP contribution in [0.25, 0.3) is 0 Å². The van der Waals surface area contributed by atoms with Gasteiger partial charge in [0.1, 0.15) is 0 Å². The predicted molar refractivity (Wildman–Crippen MR) is 56.6 cm³/mol. The van der Waals surface area contributed by atoms with Gasteiger partial charge in [-0.1, -0.05) is 36.7 Å². The molecule has 72 valence electrons. The SMILES string of the molecule is CCC(N)C(N)c1ccccc1Cl. The standard InChI is InChI=1S/C10H15ClN2/c1-2-9(12)10(13)7-5-3-4-6-8(7)11/h3-6,9-10H,2,12-13H2,1H3. The van der Waals surface area contributed by atoms with Crippen molar-refractivity contribution in [1.82, 2.24) is 0 Å². The number of hydrogen-bond acceptors (Lipinski definition) is 2. The Labute approximate surface area is 83.9 Å². The second-order valence-electron chi connectivity index (χ2n) is 3.12. The van der Waals surface area contributed by atoms with Gasteiger partial charge in [-0.25, -0.2) is 0 Å². The minimum absolute atomic E-state index is 0.0279. The van der Waals surface area contributed by atoms with Crippen LogP contribution in [0.4, 0.5) is 0 Å². The van der Waals surface area contributed by atoms with Crippen LogP contribution in [0.1, 0.15) is 24.9 Å². The molecule has 3 heteroatoms. The van der Waals surface area contributed by atoms with Crippen LogP contribution in [0.3, 0.4) is 0 Å². The maximum absolute atomic E-state index is 5.98. The molecule has 0 radical (unpaired) electrons. The molecule has 0 saturated carbocycles. The summed E-state index contributed by atoms with van der Waals surface area (Å²) in [6.07, 6.45) is 0.854. The molecule has 0 aromatic heterocycles. The van der Waals surface area contributed by atoms with E-state index in [-0.39, 0.29) is 12.1 Å². The van der Waals surface area contributed by atoms with Crippen LogP contribution >= 0.6 is 11.6 Å². The number of hydrogen-bond donors (Lipinski definition) is 2. The molecule has 1 aromatic carbocycles. The number of rotatable bonds is 3. The Kier molecular flexibility index (Phi) is 3.72. The average molecular weight is 199 g/mol. The summed E-state index contributed by atoms with van der Waals surface area (Å²) in [5.41, 5.74) is 12.7. The minimum atomic E-state index is -0.168. The lowest BCUT2D eigenvalue weighted by Crippen LogP contribution is -2.33. The van der Waals surface area contributed by atoms with E-state index in [1.165, 1.54) is 0 Å². The van der Waals surface area contributed by atoms with E-state index in [9.17, 15) is 0 Å². The number of nitrogens with two attached hydrogens (primary N) is 2. The first-order chi connectivity index (χ1) is 6.16. The summed E-state index contributed by atoms with van der Waals surface area (Å²) in [6.45, 7) is 2.02. The van der Waals surface area contributed by atoms with Gasteiger partial charge in [0.05, 0.1) is 0 Å². The van der Waals surface area contributed by atoms with Crippen molar-refractivity contribution in [3.63, 3.8) is 0 Å². The van der Waals surface area contributed by atoms with Crippen LogP contribution in [0.2, 0.25) is 5.02 Å². The molecule has 0 aliphatic rings.